The zero-order chi connectivity index (χ0) is 14.9. The lowest BCUT2D eigenvalue weighted by Gasteiger charge is -2.15. The van der Waals surface area contributed by atoms with Crippen molar-refractivity contribution in [3.05, 3.63) is 40.4 Å². The molecule has 2 rings (SSSR count). The molecule has 0 aliphatic heterocycles. The largest absolute Gasteiger partial charge is 0.478 e. The molecule has 108 valence electrons. The first-order valence-corrected chi connectivity index (χ1v) is 7.88. The molecule has 0 saturated carbocycles. The van der Waals surface area contributed by atoms with Gasteiger partial charge in [-0.05, 0) is 37.5 Å². The van der Waals surface area contributed by atoms with Gasteiger partial charge < -0.3 is 5.11 Å². The second kappa shape index (κ2) is 5.55. The maximum absolute atomic E-state index is 12.3. The number of carboxylic acids is 1. The van der Waals surface area contributed by atoms with Crippen LogP contribution < -0.4 is 4.72 Å². The molecule has 0 bridgehead atoms. The number of carbonyl (C=O) groups is 1. The number of hydrogen-bond acceptors (Lipinski definition) is 3. The molecule has 0 amide bonds. The molecule has 1 aromatic rings. The molecule has 20 heavy (non-hydrogen) atoms. The Labute approximate surface area is 122 Å². The third-order valence-electron chi connectivity index (χ3n) is 3.17. The number of nitrogens with one attached hydrogen (secondary N) is 1. The summed E-state index contributed by atoms with van der Waals surface area (Å²) >= 11 is 5.82. The second-order valence-corrected chi connectivity index (χ2v) is 6.76. The first kappa shape index (κ1) is 15.0. The fraction of sp³-hybridized carbons (Fsp3) is 0.308. The average Bonchev–Trinajstić information content (AvgIpc) is 2.83. The first-order chi connectivity index (χ1) is 9.31. The number of sulfonamides is 1. The van der Waals surface area contributed by atoms with Crippen molar-refractivity contribution in [3.63, 3.8) is 0 Å². The van der Waals surface area contributed by atoms with Crippen LogP contribution in [0.3, 0.4) is 0 Å². The van der Waals surface area contributed by atoms with E-state index in [2.05, 4.69) is 4.72 Å². The molecule has 0 radical (unpaired) electrons. The summed E-state index contributed by atoms with van der Waals surface area (Å²) in [5, 5.41) is 9.16. The molecule has 2 N–H and O–H groups in total. The number of carboxylic acid groups (broad SMARTS) is 1. The summed E-state index contributed by atoms with van der Waals surface area (Å²) in [5.41, 5.74) is 0.0720. The molecule has 7 heteroatoms. The molecule has 0 heterocycles. The van der Waals surface area contributed by atoms with Gasteiger partial charge in [-0.1, -0.05) is 23.8 Å². The number of halogens is 1. The monoisotopic (exact) mass is 315 g/mol. The lowest BCUT2D eigenvalue weighted by Crippen LogP contribution is -2.33. The molecule has 0 spiro atoms. The minimum atomic E-state index is -3.79. The molecule has 0 saturated heterocycles. The van der Waals surface area contributed by atoms with Crippen LogP contribution >= 0.6 is 11.6 Å². The highest BCUT2D eigenvalue weighted by atomic mass is 35.5. The minimum Gasteiger partial charge on any atom is -0.478 e. The predicted octanol–water partition coefficient (Wildman–Crippen LogP) is 2.34. The molecule has 1 aliphatic rings. The van der Waals surface area contributed by atoms with E-state index in [0.717, 1.165) is 0 Å². The van der Waals surface area contributed by atoms with Crippen molar-refractivity contribution in [1.29, 1.82) is 0 Å². The van der Waals surface area contributed by atoms with Crippen LogP contribution in [0.4, 0.5) is 0 Å². The fourth-order valence-electron chi connectivity index (χ4n) is 2.15. The van der Waals surface area contributed by atoms with Gasteiger partial charge in [0.25, 0.3) is 0 Å². The van der Waals surface area contributed by atoms with Gasteiger partial charge in [-0.2, -0.15) is 0 Å². The summed E-state index contributed by atoms with van der Waals surface area (Å²) < 4.78 is 27.3. The highest BCUT2D eigenvalue weighted by molar-refractivity contribution is 7.89. The van der Waals surface area contributed by atoms with Gasteiger partial charge in [-0.3, -0.25) is 0 Å². The Morgan fingerprint density at radius 2 is 1.95 bits per heavy atom. The van der Waals surface area contributed by atoms with Crippen molar-refractivity contribution in [2.75, 3.05) is 0 Å². The van der Waals surface area contributed by atoms with Crippen molar-refractivity contribution in [3.8, 4) is 0 Å². The van der Waals surface area contributed by atoms with Crippen LogP contribution in [0.1, 0.15) is 28.8 Å². The van der Waals surface area contributed by atoms with E-state index in [1.165, 1.54) is 19.1 Å². The second-order valence-electron chi connectivity index (χ2n) is 4.64. The van der Waals surface area contributed by atoms with Gasteiger partial charge in [0, 0.05) is 11.1 Å². The van der Waals surface area contributed by atoms with Crippen LogP contribution in [0.25, 0.3) is 0 Å². The van der Waals surface area contributed by atoms with Crippen LogP contribution in [-0.2, 0) is 10.0 Å². The SMILES string of the molecule is Cc1c(C(=O)O)cc(Cl)cc1S(=O)(=O)NC1CC=CC1. The van der Waals surface area contributed by atoms with E-state index >= 15 is 0 Å². The molecule has 1 aliphatic carbocycles. The quantitative estimate of drug-likeness (QED) is 0.835. The summed E-state index contributed by atoms with van der Waals surface area (Å²) in [7, 11) is -3.79. The number of benzene rings is 1. The van der Waals surface area contributed by atoms with Gasteiger partial charge in [-0.25, -0.2) is 17.9 Å². The van der Waals surface area contributed by atoms with Crippen LogP contribution in [0.5, 0.6) is 0 Å². The predicted molar refractivity (Wildman–Crippen MR) is 75.6 cm³/mol. The van der Waals surface area contributed by atoms with Gasteiger partial charge in [0.1, 0.15) is 0 Å². The summed E-state index contributed by atoms with van der Waals surface area (Å²) in [6.45, 7) is 1.46. The summed E-state index contributed by atoms with van der Waals surface area (Å²) in [4.78, 5) is 11.0. The molecular weight excluding hydrogens is 302 g/mol. The zero-order valence-corrected chi connectivity index (χ0v) is 12.3. The highest BCUT2D eigenvalue weighted by Gasteiger charge is 2.25. The number of aromatic carboxylic acids is 1. The topological polar surface area (TPSA) is 83.5 Å². The molecule has 0 aromatic heterocycles. The fourth-order valence-corrected chi connectivity index (χ4v) is 3.99. The van der Waals surface area contributed by atoms with Gasteiger partial charge >= 0.3 is 5.97 Å². The maximum atomic E-state index is 12.3. The van der Waals surface area contributed by atoms with Gasteiger partial charge in [0.2, 0.25) is 10.0 Å². The van der Waals surface area contributed by atoms with Gasteiger partial charge in [-0.15, -0.1) is 0 Å². The van der Waals surface area contributed by atoms with E-state index < -0.39 is 16.0 Å². The molecule has 5 nitrogen and oxygen atoms in total. The Kier molecular flexibility index (Phi) is 4.17. The average molecular weight is 316 g/mol. The van der Waals surface area contributed by atoms with E-state index in [0.29, 0.717) is 12.8 Å². The molecule has 0 unspecified atom stereocenters. The smallest absolute Gasteiger partial charge is 0.336 e. The summed E-state index contributed by atoms with van der Waals surface area (Å²) in [6, 6.07) is 2.33. The Hall–Kier alpha value is -1.37. The van der Waals surface area contributed by atoms with E-state index in [1.54, 1.807) is 0 Å². The minimum absolute atomic E-state index is 0.0814. The van der Waals surface area contributed by atoms with Crippen molar-refractivity contribution in [2.24, 2.45) is 0 Å². The Bertz CT molecular complexity index is 674. The molecule has 1 aromatic carbocycles. The van der Waals surface area contributed by atoms with E-state index in [4.69, 9.17) is 16.7 Å². The standard InChI is InChI=1S/C13H14ClNO4S/c1-8-11(13(16)17)6-9(14)7-12(8)20(18,19)15-10-4-2-3-5-10/h2-3,6-7,10,15H,4-5H2,1H3,(H,16,17). The third kappa shape index (κ3) is 3.03. The lowest BCUT2D eigenvalue weighted by molar-refractivity contribution is 0.0696. The van der Waals surface area contributed by atoms with Gasteiger partial charge in [0.15, 0.2) is 0 Å². The number of hydrogen-bond donors (Lipinski definition) is 2. The Balaban J connectivity index is 2.43. The third-order valence-corrected chi connectivity index (χ3v) is 5.04. The molecule has 0 atom stereocenters. The Morgan fingerprint density at radius 1 is 1.35 bits per heavy atom. The maximum Gasteiger partial charge on any atom is 0.336 e. The Morgan fingerprint density at radius 3 is 2.50 bits per heavy atom. The molecule has 0 fully saturated rings. The van der Waals surface area contributed by atoms with E-state index in [-0.39, 0.29) is 27.1 Å². The zero-order valence-electron chi connectivity index (χ0n) is 10.8. The normalized spacial score (nSPS) is 15.7. The summed E-state index contributed by atoms with van der Waals surface area (Å²) in [6.07, 6.45) is 5.07. The van der Waals surface area contributed by atoms with Gasteiger partial charge in [0.05, 0.1) is 10.5 Å². The van der Waals surface area contributed by atoms with Crippen LogP contribution in [0.15, 0.2) is 29.2 Å². The number of rotatable bonds is 4. The van der Waals surface area contributed by atoms with Crippen LogP contribution in [0, 0.1) is 6.92 Å². The summed E-state index contributed by atoms with van der Waals surface area (Å²) in [5.74, 6) is -1.20. The van der Waals surface area contributed by atoms with Crippen molar-refractivity contribution in [1.82, 2.24) is 4.72 Å². The first-order valence-electron chi connectivity index (χ1n) is 6.02. The highest BCUT2D eigenvalue weighted by Crippen LogP contribution is 2.25. The van der Waals surface area contributed by atoms with E-state index in [1.807, 2.05) is 12.2 Å². The van der Waals surface area contributed by atoms with Crippen LogP contribution in [0.2, 0.25) is 5.02 Å². The molecular formula is C13H14ClNO4S. The van der Waals surface area contributed by atoms with Crippen molar-refractivity contribution >= 4 is 27.6 Å². The van der Waals surface area contributed by atoms with Crippen molar-refractivity contribution in [2.45, 2.75) is 30.7 Å². The lowest BCUT2D eigenvalue weighted by atomic mass is 10.1. The van der Waals surface area contributed by atoms with Crippen molar-refractivity contribution < 1.29 is 18.3 Å². The van der Waals surface area contributed by atoms with E-state index in [9.17, 15) is 13.2 Å². The van der Waals surface area contributed by atoms with Crippen LogP contribution in [-0.4, -0.2) is 25.5 Å².